The zero-order valence-corrected chi connectivity index (χ0v) is 11.8. The predicted molar refractivity (Wildman–Crippen MR) is 73.1 cm³/mol. The van der Waals surface area contributed by atoms with E-state index in [-0.39, 0.29) is 0 Å². The first-order valence-electron chi connectivity index (χ1n) is 6.53. The third-order valence-corrected chi connectivity index (χ3v) is 2.54. The quantitative estimate of drug-likeness (QED) is 0.721. The van der Waals surface area contributed by atoms with Gasteiger partial charge in [0, 0.05) is 24.9 Å². The maximum absolute atomic E-state index is 5.62. The molecule has 18 heavy (non-hydrogen) atoms. The van der Waals surface area contributed by atoms with Crippen LogP contribution in [-0.2, 0) is 11.3 Å². The highest BCUT2D eigenvalue weighted by Gasteiger charge is 2.06. The highest BCUT2D eigenvalue weighted by molar-refractivity contribution is 5.26. The molecule has 4 heteroatoms. The van der Waals surface area contributed by atoms with Crippen molar-refractivity contribution in [1.82, 2.24) is 10.3 Å². The van der Waals surface area contributed by atoms with E-state index in [1.165, 1.54) is 5.56 Å². The second-order valence-electron chi connectivity index (χ2n) is 4.47. The second-order valence-corrected chi connectivity index (χ2v) is 4.47. The van der Waals surface area contributed by atoms with Crippen molar-refractivity contribution in [3.63, 3.8) is 0 Å². The van der Waals surface area contributed by atoms with Crippen LogP contribution in [0.15, 0.2) is 12.1 Å². The van der Waals surface area contributed by atoms with Crippen LogP contribution in [0.4, 0.5) is 0 Å². The molecule has 0 bridgehead atoms. The Bertz CT molecular complexity index is 354. The Balaban J connectivity index is 2.69. The molecule has 1 rings (SSSR count). The predicted octanol–water partition coefficient (Wildman–Crippen LogP) is 2.34. The maximum atomic E-state index is 5.62. The molecule has 0 aliphatic carbocycles. The molecule has 0 fully saturated rings. The van der Waals surface area contributed by atoms with Crippen molar-refractivity contribution >= 4 is 0 Å². The topological polar surface area (TPSA) is 43.4 Å². The standard InChI is InChI=1S/C14H24N2O2/c1-5-17-6-7-18-14-9-12(10-15-4)8-13(16-14)11(2)3/h8-9,11,15H,5-7,10H2,1-4H3. The third kappa shape index (κ3) is 5.02. The largest absolute Gasteiger partial charge is 0.475 e. The molecule has 0 aromatic carbocycles. The van der Waals surface area contributed by atoms with E-state index < -0.39 is 0 Å². The molecule has 1 N–H and O–H groups in total. The maximum Gasteiger partial charge on any atom is 0.213 e. The fraction of sp³-hybridized carbons (Fsp3) is 0.643. The number of ether oxygens (including phenoxy) is 2. The summed E-state index contributed by atoms with van der Waals surface area (Å²) in [5.41, 5.74) is 2.26. The van der Waals surface area contributed by atoms with Gasteiger partial charge in [-0.1, -0.05) is 13.8 Å². The highest BCUT2D eigenvalue weighted by Crippen LogP contribution is 2.19. The molecule has 0 aliphatic heterocycles. The Morgan fingerprint density at radius 1 is 1.28 bits per heavy atom. The number of hydrogen-bond acceptors (Lipinski definition) is 4. The van der Waals surface area contributed by atoms with Crippen molar-refractivity contribution in [2.24, 2.45) is 0 Å². The average Bonchev–Trinajstić information content (AvgIpc) is 2.35. The van der Waals surface area contributed by atoms with E-state index >= 15 is 0 Å². The summed E-state index contributed by atoms with van der Waals surface area (Å²) in [6.45, 7) is 8.93. The smallest absolute Gasteiger partial charge is 0.213 e. The molecule has 1 heterocycles. The molecule has 0 amide bonds. The SMILES string of the molecule is CCOCCOc1cc(CNC)cc(C(C)C)n1. The Kier molecular flexibility index (Phi) is 6.68. The van der Waals surface area contributed by atoms with Gasteiger partial charge in [0.15, 0.2) is 0 Å². The van der Waals surface area contributed by atoms with Crippen molar-refractivity contribution in [2.45, 2.75) is 33.2 Å². The van der Waals surface area contributed by atoms with E-state index in [9.17, 15) is 0 Å². The summed E-state index contributed by atoms with van der Waals surface area (Å²) in [5, 5.41) is 3.15. The van der Waals surface area contributed by atoms with Crippen LogP contribution in [-0.4, -0.2) is 31.9 Å². The molecule has 0 unspecified atom stereocenters. The Morgan fingerprint density at radius 2 is 2.06 bits per heavy atom. The first-order chi connectivity index (χ1) is 8.67. The monoisotopic (exact) mass is 252 g/mol. The van der Waals surface area contributed by atoms with Gasteiger partial charge in [-0.2, -0.15) is 0 Å². The van der Waals surface area contributed by atoms with Crippen molar-refractivity contribution in [3.8, 4) is 5.88 Å². The summed E-state index contributed by atoms with van der Waals surface area (Å²) in [4.78, 5) is 4.51. The fourth-order valence-electron chi connectivity index (χ4n) is 1.61. The molecule has 4 nitrogen and oxygen atoms in total. The number of pyridine rings is 1. The number of nitrogens with one attached hydrogen (secondary N) is 1. The van der Waals surface area contributed by atoms with Crippen LogP contribution in [0.25, 0.3) is 0 Å². The lowest BCUT2D eigenvalue weighted by Crippen LogP contribution is -2.10. The molecule has 0 aliphatic rings. The van der Waals surface area contributed by atoms with Crippen LogP contribution in [0.5, 0.6) is 5.88 Å². The van der Waals surface area contributed by atoms with Gasteiger partial charge in [0.1, 0.15) is 6.61 Å². The van der Waals surface area contributed by atoms with Crippen LogP contribution in [0.2, 0.25) is 0 Å². The summed E-state index contributed by atoms with van der Waals surface area (Å²) in [7, 11) is 1.94. The first-order valence-corrected chi connectivity index (χ1v) is 6.53. The Labute approximate surface area is 110 Å². The minimum Gasteiger partial charge on any atom is -0.475 e. The molecule has 0 spiro atoms. The lowest BCUT2D eigenvalue weighted by atomic mass is 10.1. The van der Waals surface area contributed by atoms with E-state index in [0.29, 0.717) is 31.6 Å². The number of hydrogen-bond donors (Lipinski definition) is 1. The van der Waals surface area contributed by atoms with Gasteiger partial charge >= 0.3 is 0 Å². The molecule has 1 aromatic heterocycles. The Morgan fingerprint density at radius 3 is 2.67 bits per heavy atom. The summed E-state index contributed by atoms with van der Waals surface area (Å²) in [6.07, 6.45) is 0. The van der Waals surface area contributed by atoms with Crippen LogP contribution >= 0.6 is 0 Å². The zero-order valence-electron chi connectivity index (χ0n) is 11.8. The van der Waals surface area contributed by atoms with Crippen molar-refractivity contribution in [2.75, 3.05) is 26.9 Å². The van der Waals surface area contributed by atoms with Crippen LogP contribution in [0, 0.1) is 0 Å². The van der Waals surface area contributed by atoms with Gasteiger partial charge < -0.3 is 14.8 Å². The average molecular weight is 252 g/mol. The van der Waals surface area contributed by atoms with E-state index in [2.05, 4.69) is 30.2 Å². The van der Waals surface area contributed by atoms with Crippen molar-refractivity contribution in [1.29, 1.82) is 0 Å². The van der Waals surface area contributed by atoms with Gasteiger partial charge in [-0.3, -0.25) is 0 Å². The van der Waals surface area contributed by atoms with Gasteiger partial charge in [-0.15, -0.1) is 0 Å². The molecule has 1 aromatic rings. The molecule has 0 saturated heterocycles. The molecule has 0 radical (unpaired) electrons. The minimum atomic E-state index is 0.399. The minimum absolute atomic E-state index is 0.399. The molecular formula is C14H24N2O2. The van der Waals surface area contributed by atoms with Crippen LogP contribution in [0.1, 0.15) is 37.9 Å². The van der Waals surface area contributed by atoms with Gasteiger partial charge in [-0.05, 0) is 31.5 Å². The lowest BCUT2D eigenvalue weighted by Gasteiger charge is -2.12. The first kappa shape index (κ1) is 14.9. The number of rotatable bonds is 8. The lowest BCUT2D eigenvalue weighted by molar-refractivity contribution is 0.108. The summed E-state index contributed by atoms with van der Waals surface area (Å²) < 4.78 is 10.9. The fourth-order valence-corrected chi connectivity index (χ4v) is 1.61. The van der Waals surface area contributed by atoms with E-state index in [0.717, 1.165) is 12.2 Å². The zero-order chi connectivity index (χ0) is 13.4. The van der Waals surface area contributed by atoms with Crippen molar-refractivity contribution in [3.05, 3.63) is 23.4 Å². The summed E-state index contributed by atoms with van der Waals surface area (Å²) in [6, 6.07) is 4.10. The molecule has 0 atom stereocenters. The van der Waals surface area contributed by atoms with Gasteiger partial charge in [-0.25, -0.2) is 4.98 Å². The van der Waals surface area contributed by atoms with Gasteiger partial charge in [0.25, 0.3) is 0 Å². The van der Waals surface area contributed by atoms with Gasteiger partial charge in [0.05, 0.1) is 6.61 Å². The van der Waals surface area contributed by atoms with Crippen molar-refractivity contribution < 1.29 is 9.47 Å². The summed E-state index contributed by atoms with van der Waals surface area (Å²) in [5.74, 6) is 1.09. The van der Waals surface area contributed by atoms with E-state index in [4.69, 9.17) is 9.47 Å². The molecule has 0 saturated carbocycles. The van der Waals surface area contributed by atoms with Gasteiger partial charge in [0.2, 0.25) is 5.88 Å². The second kappa shape index (κ2) is 8.06. The summed E-state index contributed by atoms with van der Waals surface area (Å²) >= 11 is 0. The van der Waals surface area contributed by atoms with E-state index in [1.54, 1.807) is 0 Å². The van der Waals surface area contributed by atoms with Crippen LogP contribution in [0.3, 0.4) is 0 Å². The third-order valence-electron chi connectivity index (χ3n) is 2.54. The number of nitrogens with zero attached hydrogens (tertiary/aromatic N) is 1. The highest BCUT2D eigenvalue weighted by atomic mass is 16.5. The number of aromatic nitrogens is 1. The normalized spacial score (nSPS) is 10.9. The molecule has 102 valence electrons. The van der Waals surface area contributed by atoms with E-state index in [1.807, 2.05) is 20.0 Å². The molecular weight excluding hydrogens is 228 g/mol. The van der Waals surface area contributed by atoms with Crippen LogP contribution < -0.4 is 10.1 Å². The Hall–Kier alpha value is -1.13.